The van der Waals surface area contributed by atoms with Crippen LogP contribution in [0.25, 0.3) is 0 Å². The molecule has 0 amide bonds. The van der Waals surface area contributed by atoms with Gasteiger partial charge in [0.05, 0.1) is 19.4 Å². The third-order valence-electron chi connectivity index (χ3n) is 3.64. The molecule has 0 bridgehead atoms. The molecule has 3 heterocycles. The molecule has 6 nitrogen and oxygen atoms in total. The zero-order chi connectivity index (χ0) is 15.2. The van der Waals surface area contributed by atoms with Crippen molar-refractivity contribution in [3.8, 4) is 0 Å². The fourth-order valence-electron chi connectivity index (χ4n) is 2.57. The lowest BCUT2D eigenvalue weighted by Gasteiger charge is -2.17. The van der Waals surface area contributed by atoms with Gasteiger partial charge in [-0.2, -0.15) is 0 Å². The highest BCUT2D eigenvalue weighted by Gasteiger charge is 2.21. The normalized spacial score (nSPS) is 14.9. The maximum atomic E-state index is 5.49. The molecular formula is C15H22N4O2S. The van der Waals surface area contributed by atoms with E-state index in [-0.39, 0.29) is 0 Å². The van der Waals surface area contributed by atoms with Crippen molar-refractivity contribution in [3.63, 3.8) is 0 Å². The van der Waals surface area contributed by atoms with E-state index in [0.29, 0.717) is 6.54 Å². The molecule has 1 aliphatic heterocycles. The van der Waals surface area contributed by atoms with Gasteiger partial charge in [-0.05, 0) is 31.9 Å². The van der Waals surface area contributed by atoms with Crippen LogP contribution in [0, 0.1) is 0 Å². The van der Waals surface area contributed by atoms with Crippen LogP contribution >= 0.6 is 11.8 Å². The van der Waals surface area contributed by atoms with E-state index in [9.17, 15) is 0 Å². The second-order valence-corrected chi connectivity index (χ2v) is 6.25. The Morgan fingerprint density at radius 1 is 1.32 bits per heavy atom. The first kappa shape index (κ1) is 15.4. The molecule has 2 aromatic heterocycles. The molecule has 1 fully saturated rings. The molecule has 7 heteroatoms. The molecule has 0 unspecified atom stereocenters. The summed E-state index contributed by atoms with van der Waals surface area (Å²) in [5, 5.41) is 9.72. The highest BCUT2D eigenvalue weighted by Crippen LogP contribution is 2.25. The van der Waals surface area contributed by atoms with E-state index in [2.05, 4.69) is 19.7 Å². The highest BCUT2D eigenvalue weighted by atomic mass is 32.2. The number of nitrogens with zero attached hydrogens (tertiary/aromatic N) is 4. The monoisotopic (exact) mass is 322 g/mol. The lowest BCUT2D eigenvalue weighted by atomic mass is 10.4. The summed E-state index contributed by atoms with van der Waals surface area (Å²) in [6.07, 6.45) is 4.15. The number of anilines is 1. The van der Waals surface area contributed by atoms with Crippen LogP contribution in [0.4, 0.5) is 5.95 Å². The van der Waals surface area contributed by atoms with Gasteiger partial charge in [0.15, 0.2) is 5.16 Å². The van der Waals surface area contributed by atoms with Gasteiger partial charge >= 0.3 is 0 Å². The van der Waals surface area contributed by atoms with Crippen LogP contribution in [0.3, 0.4) is 0 Å². The fourth-order valence-corrected chi connectivity index (χ4v) is 3.36. The van der Waals surface area contributed by atoms with Crippen molar-refractivity contribution in [1.82, 2.24) is 14.8 Å². The molecule has 22 heavy (non-hydrogen) atoms. The Labute approximate surface area is 134 Å². The average molecular weight is 322 g/mol. The maximum absolute atomic E-state index is 5.49. The molecule has 1 aliphatic rings. The summed E-state index contributed by atoms with van der Waals surface area (Å²) in [6.45, 7) is 6.27. The third-order valence-corrected chi connectivity index (χ3v) is 4.57. The largest absolute Gasteiger partial charge is 0.467 e. The molecule has 1 saturated heterocycles. The van der Waals surface area contributed by atoms with Crippen molar-refractivity contribution in [2.24, 2.45) is 0 Å². The van der Waals surface area contributed by atoms with Crippen molar-refractivity contribution in [2.45, 2.75) is 31.5 Å². The molecular weight excluding hydrogens is 300 g/mol. The predicted octanol–water partition coefficient (Wildman–Crippen LogP) is 2.65. The van der Waals surface area contributed by atoms with Gasteiger partial charge in [-0.15, -0.1) is 10.2 Å². The Balaban J connectivity index is 1.75. The molecule has 0 atom stereocenters. The van der Waals surface area contributed by atoms with Crippen molar-refractivity contribution < 1.29 is 9.15 Å². The van der Waals surface area contributed by atoms with E-state index in [4.69, 9.17) is 9.15 Å². The molecule has 0 aliphatic carbocycles. The van der Waals surface area contributed by atoms with E-state index in [1.165, 1.54) is 12.8 Å². The molecule has 2 aromatic rings. The van der Waals surface area contributed by atoms with Gasteiger partial charge in [0.25, 0.3) is 0 Å². The van der Waals surface area contributed by atoms with Gasteiger partial charge < -0.3 is 14.1 Å². The molecule has 0 radical (unpaired) electrons. The van der Waals surface area contributed by atoms with E-state index in [1.54, 1.807) is 18.0 Å². The Morgan fingerprint density at radius 2 is 2.18 bits per heavy atom. The molecule has 120 valence electrons. The Kier molecular flexibility index (Phi) is 5.39. The molecule has 0 spiro atoms. The van der Waals surface area contributed by atoms with E-state index in [1.807, 2.05) is 19.1 Å². The number of hydrogen-bond donors (Lipinski definition) is 0. The van der Waals surface area contributed by atoms with E-state index < -0.39 is 0 Å². The molecule has 0 aromatic carbocycles. The van der Waals surface area contributed by atoms with Crippen LogP contribution in [-0.4, -0.2) is 46.8 Å². The zero-order valence-corrected chi connectivity index (χ0v) is 13.7. The molecule has 3 rings (SSSR count). The summed E-state index contributed by atoms with van der Waals surface area (Å²) in [5.74, 6) is 2.75. The van der Waals surface area contributed by atoms with Crippen LogP contribution in [0.2, 0.25) is 0 Å². The van der Waals surface area contributed by atoms with Crippen molar-refractivity contribution in [3.05, 3.63) is 24.2 Å². The third kappa shape index (κ3) is 3.64. The number of thioether (sulfide) groups is 1. The fraction of sp³-hybridized carbons (Fsp3) is 0.600. The average Bonchev–Trinajstić information content (AvgIpc) is 3.26. The topological polar surface area (TPSA) is 56.3 Å². The van der Waals surface area contributed by atoms with Gasteiger partial charge in [0, 0.05) is 25.4 Å². The zero-order valence-electron chi connectivity index (χ0n) is 12.9. The van der Waals surface area contributed by atoms with Crippen LogP contribution in [0.1, 0.15) is 25.5 Å². The maximum Gasteiger partial charge on any atom is 0.228 e. The standard InChI is InChI=1S/C15H22N4O2S/c1-2-20-10-11-22-15-17-16-14(18-7-3-4-8-18)19(15)12-13-6-5-9-21-13/h5-6,9H,2-4,7-8,10-12H2,1H3. The first-order valence-corrected chi connectivity index (χ1v) is 8.78. The first-order valence-electron chi connectivity index (χ1n) is 7.79. The SMILES string of the molecule is CCOCCSc1nnc(N2CCCC2)n1Cc1ccco1. The highest BCUT2D eigenvalue weighted by molar-refractivity contribution is 7.99. The first-order chi connectivity index (χ1) is 10.9. The lowest BCUT2D eigenvalue weighted by molar-refractivity contribution is 0.164. The molecule has 0 N–H and O–H groups in total. The summed E-state index contributed by atoms with van der Waals surface area (Å²) in [7, 11) is 0. The summed E-state index contributed by atoms with van der Waals surface area (Å²) >= 11 is 1.68. The second-order valence-electron chi connectivity index (χ2n) is 5.19. The Bertz CT molecular complexity index is 564. The van der Waals surface area contributed by atoms with Gasteiger partial charge in [-0.1, -0.05) is 11.8 Å². The lowest BCUT2D eigenvalue weighted by Crippen LogP contribution is -2.22. The van der Waals surface area contributed by atoms with Gasteiger partial charge in [0.2, 0.25) is 5.95 Å². The van der Waals surface area contributed by atoms with Crippen molar-refractivity contribution >= 4 is 17.7 Å². The quantitative estimate of drug-likeness (QED) is 0.550. The number of ether oxygens (including phenoxy) is 1. The van der Waals surface area contributed by atoms with Gasteiger partial charge in [-0.25, -0.2) is 0 Å². The van der Waals surface area contributed by atoms with Gasteiger partial charge in [0.1, 0.15) is 5.76 Å². The number of furan rings is 1. The second kappa shape index (κ2) is 7.69. The summed E-state index contributed by atoms with van der Waals surface area (Å²) in [4.78, 5) is 2.31. The van der Waals surface area contributed by atoms with Crippen molar-refractivity contribution in [2.75, 3.05) is 37.0 Å². The minimum atomic E-state index is 0.669. The summed E-state index contributed by atoms with van der Waals surface area (Å²) < 4.78 is 13.0. The number of aromatic nitrogens is 3. The Morgan fingerprint density at radius 3 is 2.91 bits per heavy atom. The van der Waals surface area contributed by atoms with Crippen LogP contribution in [-0.2, 0) is 11.3 Å². The minimum Gasteiger partial charge on any atom is -0.467 e. The van der Waals surface area contributed by atoms with Crippen LogP contribution in [0.5, 0.6) is 0 Å². The molecule has 0 saturated carbocycles. The summed E-state index contributed by atoms with van der Waals surface area (Å²) in [6, 6.07) is 3.90. The Hall–Kier alpha value is -1.47. The smallest absolute Gasteiger partial charge is 0.228 e. The minimum absolute atomic E-state index is 0.669. The van der Waals surface area contributed by atoms with Crippen molar-refractivity contribution in [1.29, 1.82) is 0 Å². The van der Waals surface area contributed by atoms with E-state index in [0.717, 1.165) is 48.9 Å². The summed E-state index contributed by atoms with van der Waals surface area (Å²) in [5.41, 5.74) is 0. The number of rotatable bonds is 8. The number of hydrogen-bond acceptors (Lipinski definition) is 6. The predicted molar refractivity (Wildman–Crippen MR) is 86.5 cm³/mol. The van der Waals surface area contributed by atoms with E-state index >= 15 is 0 Å². The van der Waals surface area contributed by atoms with Gasteiger partial charge in [-0.3, -0.25) is 4.57 Å². The van der Waals surface area contributed by atoms with Crippen LogP contribution < -0.4 is 4.90 Å². The van der Waals surface area contributed by atoms with Crippen LogP contribution in [0.15, 0.2) is 28.0 Å².